The highest BCUT2D eigenvalue weighted by molar-refractivity contribution is 7.89. The molecule has 1 heterocycles. The molecule has 0 spiro atoms. The second-order valence-corrected chi connectivity index (χ2v) is 7.32. The van der Waals surface area contributed by atoms with Gasteiger partial charge >= 0.3 is 0 Å². The topological polar surface area (TPSA) is 66.5 Å². The number of sulfonamides is 1. The van der Waals surface area contributed by atoms with Gasteiger partial charge in [0.25, 0.3) is 5.91 Å². The minimum Gasteiger partial charge on any atom is -0.338 e. The van der Waals surface area contributed by atoms with Crippen LogP contribution < -0.4 is 4.72 Å². The molecule has 0 aromatic heterocycles. The number of hydrogen-bond acceptors (Lipinski definition) is 3. The van der Waals surface area contributed by atoms with Gasteiger partial charge in [0.1, 0.15) is 0 Å². The van der Waals surface area contributed by atoms with E-state index in [-0.39, 0.29) is 17.3 Å². The lowest BCUT2D eigenvalue weighted by atomic mass is 9.99. The maximum atomic E-state index is 12.4. The lowest BCUT2D eigenvalue weighted by Crippen LogP contribution is -2.39. The number of carbonyl (C=O) groups is 1. The quantitative estimate of drug-likeness (QED) is 0.854. The average Bonchev–Trinajstić information content (AvgIpc) is 2.52. The van der Waals surface area contributed by atoms with Crippen LogP contribution in [0.3, 0.4) is 0 Å². The first-order valence-corrected chi connectivity index (χ1v) is 8.75. The van der Waals surface area contributed by atoms with Gasteiger partial charge in [-0.2, -0.15) is 4.72 Å². The number of carbonyl (C=O) groups excluding carboxylic acids is 1. The van der Waals surface area contributed by atoms with Crippen LogP contribution in [0.1, 0.15) is 30.1 Å². The molecule has 1 atom stereocenters. The molecule has 1 aromatic rings. The first kappa shape index (κ1) is 16.5. The molecule has 5 nitrogen and oxygen atoms in total. The summed E-state index contributed by atoms with van der Waals surface area (Å²) >= 11 is 0. The van der Waals surface area contributed by atoms with E-state index in [2.05, 4.69) is 17.6 Å². The van der Waals surface area contributed by atoms with Crippen LogP contribution in [-0.4, -0.2) is 38.9 Å². The average molecular weight is 320 g/mol. The van der Waals surface area contributed by atoms with E-state index in [1.54, 1.807) is 12.1 Å². The van der Waals surface area contributed by atoms with Gasteiger partial charge in [-0.1, -0.05) is 12.8 Å². The van der Waals surface area contributed by atoms with Gasteiger partial charge in [-0.05, 0) is 43.0 Å². The van der Waals surface area contributed by atoms with Crippen LogP contribution in [0.2, 0.25) is 0 Å². The van der Waals surface area contributed by atoms with E-state index < -0.39 is 10.0 Å². The summed E-state index contributed by atoms with van der Waals surface area (Å²) in [7, 11) is -3.62. The van der Waals surface area contributed by atoms with Crippen molar-refractivity contribution in [3.8, 4) is 12.3 Å². The summed E-state index contributed by atoms with van der Waals surface area (Å²) in [6.07, 6.45) is 7.19. The lowest BCUT2D eigenvalue weighted by Gasteiger charge is -2.31. The molecule has 0 saturated carbocycles. The molecule has 1 unspecified atom stereocenters. The third-order valence-corrected chi connectivity index (χ3v) is 5.14. The molecule has 0 bridgehead atoms. The Morgan fingerprint density at radius 3 is 2.68 bits per heavy atom. The Morgan fingerprint density at radius 2 is 2.09 bits per heavy atom. The van der Waals surface area contributed by atoms with Gasteiger partial charge in [-0.25, -0.2) is 8.42 Å². The van der Waals surface area contributed by atoms with Crippen LogP contribution >= 0.6 is 0 Å². The maximum absolute atomic E-state index is 12.4. The minimum absolute atomic E-state index is 0.0490. The van der Waals surface area contributed by atoms with Crippen molar-refractivity contribution in [1.29, 1.82) is 0 Å². The van der Waals surface area contributed by atoms with Crippen molar-refractivity contribution in [3.63, 3.8) is 0 Å². The fourth-order valence-electron chi connectivity index (χ4n) is 2.55. The van der Waals surface area contributed by atoms with E-state index in [0.29, 0.717) is 11.5 Å². The third kappa shape index (κ3) is 3.87. The molecule has 118 valence electrons. The molecule has 0 radical (unpaired) electrons. The number of terminal acetylenes is 1. The second-order valence-electron chi connectivity index (χ2n) is 5.55. The van der Waals surface area contributed by atoms with Crippen molar-refractivity contribution in [2.45, 2.75) is 24.7 Å². The number of piperidine rings is 1. The molecule has 1 aliphatic heterocycles. The van der Waals surface area contributed by atoms with Crippen molar-refractivity contribution in [2.24, 2.45) is 5.92 Å². The molecule has 1 fully saturated rings. The first-order chi connectivity index (χ1) is 10.4. The summed E-state index contributed by atoms with van der Waals surface area (Å²) in [5.41, 5.74) is 0.505. The molecule has 6 heteroatoms. The van der Waals surface area contributed by atoms with E-state index in [4.69, 9.17) is 6.42 Å². The van der Waals surface area contributed by atoms with E-state index in [9.17, 15) is 13.2 Å². The van der Waals surface area contributed by atoms with Crippen LogP contribution in [0.25, 0.3) is 0 Å². The Balaban J connectivity index is 2.12. The summed E-state index contributed by atoms with van der Waals surface area (Å²) in [6.45, 7) is 3.58. The SMILES string of the molecule is C#CCNS(=O)(=O)c1ccc(C(=O)N2CCCC(C)C2)cc1. The van der Waals surface area contributed by atoms with Gasteiger partial charge in [0, 0.05) is 18.7 Å². The number of hydrogen-bond donors (Lipinski definition) is 1. The summed E-state index contributed by atoms with van der Waals surface area (Å²) in [5, 5.41) is 0. The van der Waals surface area contributed by atoms with Gasteiger partial charge in [-0.3, -0.25) is 4.79 Å². The van der Waals surface area contributed by atoms with Crippen molar-refractivity contribution in [3.05, 3.63) is 29.8 Å². The van der Waals surface area contributed by atoms with Crippen molar-refractivity contribution < 1.29 is 13.2 Å². The molecule has 1 saturated heterocycles. The van der Waals surface area contributed by atoms with Crippen LogP contribution in [0.4, 0.5) is 0 Å². The summed E-state index contributed by atoms with van der Waals surface area (Å²) < 4.78 is 26.1. The standard InChI is InChI=1S/C16H20N2O3S/c1-3-10-17-22(20,21)15-8-6-14(7-9-15)16(19)18-11-4-5-13(2)12-18/h1,6-9,13,17H,4-5,10-12H2,2H3. The van der Waals surface area contributed by atoms with E-state index in [1.807, 2.05) is 4.90 Å². The fourth-order valence-corrected chi connectivity index (χ4v) is 3.49. The zero-order valence-electron chi connectivity index (χ0n) is 12.6. The molecule has 0 aliphatic carbocycles. The number of nitrogens with one attached hydrogen (secondary N) is 1. The summed E-state index contributed by atoms with van der Waals surface area (Å²) in [4.78, 5) is 14.3. The molecule has 1 aromatic carbocycles. The van der Waals surface area contributed by atoms with E-state index >= 15 is 0 Å². The predicted molar refractivity (Wildman–Crippen MR) is 84.8 cm³/mol. The maximum Gasteiger partial charge on any atom is 0.253 e. The lowest BCUT2D eigenvalue weighted by molar-refractivity contribution is 0.0683. The van der Waals surface area contributed by atoms with Gasteiger partial charge < -0.3 is 4.90 Å². The zero-order valence-corrected chi connectivity index (χ0v) is 13.4. The predicted octanol–water partition coefficient (Wildman–Crippen LogP) is 1.47. The molecule has 22 heavy (non-hydrogen) atoms. The first-order valence-electron chi connectivity index (χ1n) is 7.26. The Labute approximate surface area is 131 Å². The Kier molecular flexibility index (Phi) is 5.22. The highest BCUT2D eigenvalue weighted by Gasteiger charge is 2.22. The van der Waals surface area contributed by atoms with E-state index in [1.165, 1.54) is 12.1 Å². The molecule has 1 aliphatic rings. The second kappa shape index (κ2) is 6.95. The Bertz CT molecular complexity index is 674. The van der Waals surface area contributed by atoms with Crippen LogP contribution in [0.5, 0.6) is 0 Å². The van der Waals surface area contributed by atoms with Crippen LogP contribution in [0.15, 0.2) is 29.2 Å². The zero-order chi connectivity index (χ0) is 16.2. The van der Waals surface area contributed by atoms with E-state index in [0.717, 1.165) is 25.9 Å². The number of benzene rings is 1. The Morgan fingerprint density at radius 1 is 1.41 bits per heavy atom. The molecule has 2 rings (SSSR count). The van der Waals surface area contributed by atoms with Crippen molar-refractivity contribution in [1.82, 2.24) is 9.62 Å². The smallest absolute Gasteiger partial charge is 0.253 e. The Hall–Kier alpha value is -1.84. The van der Waals surface area contributed by atoms with Gasteiger partial charge in [0.05, 0.1) is 11.4 Å². The minimum atomic E-state index is -3.62. The number of rotatable bonds is 4. The molecular formula is C16H20N2O3S. The molecule has 1 N–H and O–H groups in total. The molecule has 1 amide bonds. The fraction of sp³-hybridized carbons (Fsp3) is 0.438. The molecular weight excluding hydrogens is 300 g/mol. The normalized spacial score (nSPS) is 18.7. The monoisotopic (exact) mass is 320 g/mol. The van der Waals surface area contributed by atoms with Gasteiger partial charge in [0.2, 0.25) is 10.0 Å². The number of likely N-dealkylation sites (tertiary alicyclic amines) is 1. The third-order valence-electron chi connectivity index (χ3n) is 3.72. The van der Waals surface area contributed by atoms with Crippen LogP contribution in [0, 0.1) is 18.3 Å². The van der Waals surface area contributed by atoms with Crippen LogP contribution in [-0.2, 0) is 10.0 Å². The largest absolute Gasteiger partial charge is 0.338 e. The number of amides is 1. The summed E-state index contributed by atoms with van der Waals surface area (Å²) in [5.74, 6) is 2.68. The summed E-state index contributed by atoms with van der Waals surface area (Å²) in [6, 6.07) is 5.96. The van der Waals surface area contributed by atoms with Gasteiger partial charge in [0.15, 0.2) is 0 Å². The number of nitrogens with zero attached hydrogens (tertiary/aromatic N) is 1. The van der Waals surface area contributed by atoms with Crippen molar-refractivity contribution in [2.75, 3.05) is 19.6 Å². The highest BCUT2D eigenvalue weighted by atomic mass is 32.2. The van der Waals surface area contributed by atoms with Crippen molar-refractivity contribution >= 4 is 15.9 Å². The highest BCUT2D eigenvalue weighted by Crippen LogP contribution is 2.19. The van der Waals surface area contributed by atoms with Gasteiger partial charge in [-0.15, -0.1) is 6.42 Å².